The number of thiophene rings is 1. The summed E-state index contributed by atoms with van der Waals surface area (Å²) in [5.74, 6) is -0.127. The summed E-state index contributed by atoms with van der Waals surface area (Å²) < 4.78 is 0. The molecule has 0 saturated carbocycles. The predicted molar refractivity (Wildman–Crippen MR) is 84.0 cm³/mol. The van der Waals surface area contributed by atoms with Crippen LogP contribution in [0, 0.1) is 0 Å². The molecule has 3 nitrogen and oxygen atoms in total. The molecule has 98 valence electrons. The van der Waals surface area contributed by atoms with Gasteiger partial charge in [0.1, 0.15) is 4.99 Å². The van der Waals surface area contributed by atoms with E-state index < -0.39 is 0 Å². The molecule has 2 aromatic rings. The normalized spacial score (nSPS) is 10.2. The second kappa shape index (κ2) is 6.14. The Labute approximate surface area is 125 Å². The van der Waals surface area contributed by atoms with Gasteiger partial charge in [0.05, 0.1) is 12.1 Å². The predicted octanol–water partition coefficient (Wildman–Crippen LogP) is 3.22. The van der Waals surface area contributed by atoms with Crippen LogP contribution >= 0.6 is 35.2 Å². The number of thiocarbonyl (C=S) groups is 1. The van der Waals surface area contributed by atoms with Crippen LogP contribution in [0.1, 0.15) is 11.1 Å². The first-order valence-electron chi connectivity index (χ1n) is 5.46. The highest BCUT2D eigenvalue weighted by Crippen LogP contribution is 2.21. The van der Waals surface area contributed by atoms with Crippen molar-refractivity contribution in [2.45, 2.75) is 6.42 Å². The largest absolute Gasteiger partial charge is 0.389 e. The second-order valence-electron chi connectivity index (χ2n) is 3.91. The molecule has 1 heterocycles. The van der Waals surface area contributed by atoms with Gasteiger partial charge >= 0.3 is 0 Å². The van der Waals surface area contributed by atoms with Gasteiger partial charge in [0.25, 0.3) is 0 Å². The van der Waals surface area contributed by atoms with E-state index >= 15 is 0 Å². The number of carbonyl (C=O) groups is 1. The standard InChI is InChI=1S/C13H11ClN2OS2/c14-9-1-2-10(13(15)18)11(6-9)16-12(17)5-8-3-4-19-7-8/h1-4,6-7H,5H2,(H2,15,18)(H,16,17). The Hall–Kier alpha value is -1.43. The van der Waals surface area contributed by atoms with Crippen molar-refractivity contribution in [2.75, 3.05) is 5.32 Å². The summed E-state index contributed by atoms with van der Waals surface area (Å²) in [5, 5.41) is 7.17. The average Bonchev–Trinajstić information content (AvgIpc) is 2.81. The molecule has 6 heteroatoms. The van der Waals surface area contributed by atoms with Crippen molar-refractivity contribution in [2.24, 2.45) is 5.73 Å². The molecule has 1 amide bonds. The maximum atomic E-state index is 11.9. The molecule has 0 saturated heterocycles. The summed E-state index contributed by atoms with van der Waals surface area (Å²) in [6.45, 7) is 0. The van der Waals surface area contributed by atoms with Crippen molar-refractivity contribution in [1.29, 1.82) is 0 Å². The summed E-state index contributed by atoms with van der Waals surface area (Å²) in [7, 11) is 0. The lowest BCUT2D eigenvalue weighted by atomic mass is 10.1. The first-order chi connectivity index (χ1) is 9.06. The van der Waals surface area contributed by atoms with Crippen LogP contribution in [0.15, 0.2) is 35.0 Å². The fourth-order valence-corrected chi connectivity index (χ4v) is 2.63. The molecular formula is C13H11ClN2OS2. The third-order valence-electron chi connectivity index (χ3n) is 2.47. The van der Waals surface area contributed by atoms with Crippen LogP contribution < -0.4 is 11.1 Å². The number of rotatable bonds is 4. The summed E-state index contributed by atoms with van der Waals surface area (Å²) in [4.78, 5) is 12.2. The molecule has 0 bridgehead atoms. The molecule has 1 aromatic carbocycles. The second-order valence-corrected chi connectivity index (χ2v) is 5.57. The number of amides is 1. The number of nitrogens with two attached hydrogens (primary N) is 1. The lowest BCUT2D eigenvalue weighted by molar-refractivity contribution is -0.115. The molecule has 1 aromatic heterocycles. The molecule has 0 aliphatic rings. The minimum absolute atomic E-state index is 0.127. The van der Waals surface area contributed by atoms with Gasteiger partial charge in [-0.25, -0.2) is 0 Å². The number of hydrogen-bond donors (Lipinski definition) is 2. The van der Waals surface area contributed by atoms with Gasteiger partial charge in [-0.15, -0.1) is 0 Å². The first kappa shape index (κ1) is 14.0. The van der Waals surface area contributed by atoms with E-state index in [1.807, 2.05) is 16.8 Å². The number of hydrogen-bond acceptors (Lipinski definition) is 3. The molecule has 3 N–H and O–H groups in total. The van der Waals surface area contributed by atoms with Crippen LogP contribution in [0.25, 0.3) is 0 Å². The Bertz CT molecular complexity index is 611. The topological polar surface area (TPSA) is 55.1 Å². The monoisotopic (exact) mass is 310 g/mol. The van der Waals surface area contributed by atoms with Gasteiger partial charge in [-0.2, -0.15) is 11.3 Å². The molecule has 0 radical (unpaired) electrons. The van der Waals surface area contributed by atoms with E-state index in [0.29, 0.717) is 22.7 Å². The van der Waals surface area contributed by atoms with Gasteiger partial charge < -0.3 is 11.1 Å². The molecule has 0 aliphatic heterocycles. The zero-order valence-electron chi connectivity index (χ0n) is 9.85. The van der Waals surface area contributed by atoms with Crippen LogP contribution in [-0.4, -0.2) is 10.9 Å². The van der Waals surface area contributed by atoms with Crippen LogP contribution in [0.2, 0.25) is 5.02 Å². The summed E-state index contributed by atoms with van der Waals surface area (Å²) in [5.41, 5.74) is 7.74. The van der Waals surface area contributed by atoms with Crippen molar-refractivity contribution >= 4 is 51.7 Å². The summed E-state index contributed by atoms with van der Waals surface area (Å²) >= 11 is 12.4. The first-order valence-corrected chi connectivity index (χ1v) is 7.19. The third kappa shape index (κ3) is 3.76. The van der Waals surface area contributed by atoms with E-state index in [2.05, 4.69) is 5.32 Å². The molecule has 19 heavy (non-hydrogen) atoms. The van der Waals surface area contributed by atoms with Crippen molar-refractivity contribution in [3.8, 4) is 0 Å². The molecule has 0 unspecified atom stereocenters. The van der Waals surface area contributed by atoms with Crippen LogP contribution in [0.4, 0.5) is 5.69 Å². The Morgan fingerprint density at radius 2 is 2.21 bits per heavy atom. The van der Waals surface area contributed by atoms with Crippen molar-refractivity contribution < 1.29 is 4.79 Å². The van der Waals surface area contributed by atoms with E-state index in [9.17, 15) is 4.79 Å². The number of carbonyl (C=O) groups excluding carboxylic acids is 1. The SMILES string of the molecule is NC(=S)c1ccc(Cl)cc1NC(=O)Cc1ccsc1. The smallest absolute Gasteiger partial charge is 0.228 e. The van der Waals surface area contributed by atoms with E-state index in [-0.39, 0.29) is 10.9 Å². The van der Waals surface area contributed by atoms with E-state index in [4.69, 9.17) is 29.6 Å². The maximum absolute atomic E-state index is 11.9. The summed E-state index contributed by atoms with van der Waals surface area (Å²) in [6, 6.07) is 6.94. The van der Waals surface area contributed by atoms with E-state index in [1.165, 1.54) is 0 Å². The molecular weight excluding hydrogens is 300 g/mol. The maximum Gasteiger partial charge on any atom is 0.228 e. The van der Waals surface area contributed by atoms with Crippen molar-refractivity contribution in [3.63, 3.8) is 0 Å². The minimum atomic E-state index is -0.127. The number of nitrogens with one attached hydrogen (secondary N) is 1. The fraction of sp³-hybridized carbons (Fsp3) is 0.0769. The highest BCUT2D eigenvalue weighted by Gasteiger charge is 2.10. The van der Waals surface area contributed by atoms with Crippen LogP contribution in [0.5, 0.6) is 0 Å². The van der Waals surface area contributed by atoms with E-state index in [1.54, 1.807) is 29.5 Å². The van der Waals surface area contributed by atoms with Gasteiger partial charge in [0.15, 0.2) is 0 Å². The van der Waals surface area contributed by atoms with Crippen LogP contribution in [0.3, 0.4) is 0 Å². The number of benzene rings is 1. The van der Waals surface area contributed by atoms with Gasteiger partial charge in [0, 0.05) is 10.6 Å². The third-order valence-corrected chi connectivity index (χ3v) is 3.65. The highest BCUT2D eigenvalue weighted by atomic mass is 35.5. The highest BCUT2D eigenvalue weighted by molar-refractivity contribution is 7.80. The quantitative estimate of drug-likeness (QED) is 0.853. The zero-order chi connectivity index (χ0) is 13.8. The lowest BCUT2D eigenvalue weighted by Gasteiger charge is -2.10. The van der Waals surface area contributed by atoms with Crippen LogP contribution in [-0.2, 0) is 11.2 Å². The Kier molecular flexibility index (Phi) is 4.52. The zero-order valence-corrected chi connectivity index (χ0v) is 12.2. The molecule has 0 spiro atoms. The van der Waals surface area contributed by atoms with Gasteiger partial charge in [0.2, 0.25) is 5.91 Å². The fourth-order valence-electron chi connectivity index (χ4n) is 1.61. The minimum Gasteiger partial charge on any atom is -0.389 e. The van der Waals surface area contributed by atoms with Gasteiger partial charge in [-0.05, 0) is 40.6 Å². The van der Waals surface area contributed by atoms with Gasteiger partial charge in [-0.1, -0.05) is 23.8 Å². The van der Waals surface area contributed by atoms with E-state index in [0.717, 1.165) is 5.56 Å². The average molecular weight is 311 g/mol. The summed E-state index contributed by atoms with van der Waals surface area (Å²) in [6.07, 6.45) is 0.312. The Morgan fingerprint density at radius 3 is 2.84 bits per heavy atom. The van der Waals surface area contributed by atoms with Crippen molar-refractivity contribution in [1.82, 2.24) is 0 Å². The molecule has 0 aliphatic carbocycles. The van der Waals surface area contributed by atoms with Crippen molar-refractivity contribution in [3.05, 3.63) is 51.2 Å². The number of anilines is 1. The lowest BCUT2D eigenvalue weighted by Crippen LogP contribution is -2.18. The molecule has 0 fully saturated rings. The Morgan fingerprint density at radius 1 is 1.42 bits per heavy atom. The number of halogens is 1. The van der Waals surface area contributed by atoms with Gasteiger partial charge in [-0.3, -0.25) is 4.79 Å². The molecule has 0 atom stereocenters. The Balaban J connectivity index is 2.16. The molecule has 2 rings (SSSR count).